The normalized spacial score (nSPS) is 21.0. The second-order valence-electron chi connectivity index (χ2n) is 9.27. The molecule has 1 saturated heterocycles. The van der Waals surface area contributed by atoms with Gasteiger partial charge in [0, 0.05) is 30.4 Å². The van der Waals surface area contributed by atoms with Crippen molar-refractivity contribution in [1.82, 2.24) is 4.90 Å². The largest absolute Gasteiger partial charge is 0.493 e. The van der Waals surface area contributed by atoms with Crippen molar-refractivity contribution >= 4 is 11.8 Å². The second kappa shape index (κ2) is 10.1. The lowest BCUT2D eigenvalue weighted by Gasteiger charge is -2.39. The van der Waals surface area contributed by atoms with Gasteiger partial charge in [-0.2, -0.15) is 0 Å². The summed E-state index contributed by atoms with van der Waals surface area (Å²) in [7, 11) is 1.76. The van der Waals surface area contributed by atoms with E-state index in [1.54, 1.807) is 12.7 Å². The molecule has 0 bridgehead atoms. The van der Waals surface area contributed by atoms with Crippen LogP contribution in [0.2, 0.25) is 0 Å². The summed E-state index contributed by atoms with van der Waals surface area (Å²) in [5, 5.41) is 0. The first-order chi connectivity index (χ1) is 14.7. The maximum absolute atomic E-state index is 6.27. The smallest absolute Gasteiger partial charge is 0.163 e. The molecule has 1 unspecified atom stereocenters. The highest BCUT2D eigenvalue weighted by atomic mass is 16.5. The van der Waals surface area contributed by atoms with Crippen LogP contribution in [0.25, 0.3) is 6.08 Å². The number of rotatable bonds is 10. The Morgan fingerprint density at radius 2 is 1.87 bits per heavy atom. The van der Waals surface area contributed by atoms with Crippen molar-refractivity contribution in [3.8, 4) is 11.5 Å². The fourth-order valence-electron chi connectivity index (χ4n) is 5.47. The van der Waals surface area contributed by atoms with Crippen LogP contribution < -0.4 is 14.4 Å². The fraction of sp³-hybridized carbons (Fsp3) is 0.692. The highest BCUT2D eigenvalue weighted by Gasteiger charge is 2.33. The van der Waals surface area contributed by atoms with Crippen molar-refractivity contribution in [1.29, 1.82) is 0 Å². The van der Waals surface area contributed by atoms with Gasteiger partial charge >= 0.3 is 0 Å². The molecule has 0 radical (unpaired) electrons. The molecule has 2 aliphatic heterocycles. The van der Waals surface area contributed by atoms with Gasteiger partial charge in [0.2, 0.25) is 0 Å². The minimum atomic E-state index is 0.578. The molecule has 1 atom stereocenters. The Balaban J connectivity index is 1.53. The Morgan fingerprint density at radius 3 is 2.60 bits per heavy atom. The Morgan fingerprint density at radius 1 is 1.07 bits per heavy atom. The number of nitrogens with zero attached hydrogens (tertiary/aromatic N) is 2. The van der Waals surface area contributed by atoms with Crippen molar-refractivity contribution in [2.45, 2.75) is 71.3 Å². The number of benzene rings is 1. The minimum absolute atomic E-state index is 0.578. The lowest BCUT2D eigenvalue weighted by molar-refractivity contribution is 0.254. The molecule has 2 fully saturated rings. The van der Waals surface area contributed by atoms with Gasteiger partial charge in [0.1, 0.15) is 0 Å². The molecule has 4 heteroatoms. The van der Waals surface area contributed by atoms with E-state index in [4.69, 9.17) is 9.47 Å². The molecule has 1 aliphatic carbocycles. The van der Waals surface area contributed by atoms with Crippen LogP contribution in [-0.2, 0) is 0 Å². The molecule has 0 amide bonds. The molecule has 0 aromatic heterocycles. The van der Waals surface area contributed by atoms with E-state index in [0.717, 1.165) is 43.5 Å². The van der Waals surface area contributed by atoms with E-state index < -0.39 is 0 Å². The van der Waals surface area contributed by atoms with Gasteiger partial charge in [0.25, 0.3) is 0 Å². The minimum Gasteiger partial charge on any atom is -0.493 e. The third kappa shape index (κ3) is 4.64. The summed E-state index contributed by atoms with van der Waals surface area (Å²) in [6.45, 7) is 10.2. The van der Waals surface area contributed by atoms with Crippen molar-refractivity contribution in [2.24, 2.45) is 5.92 Å². The number of hydrogen-bond donors (Lipinski definition) is 0. The topological polar surface area (TPSA) is 24.9 Å². The van der Waals surface area contributed by atoms with Crippen molar-refractivity contribution in [3.63, 3.8) is 0 Å². The standard InChI is InChI=1S/C26H40N2O2/c1-4-20(5-2)19-28-23-11-8-10-21(23)16-22-17-25(29-3)26(18-24(22)28)30-15-9-14-27-12-6-7-13-27/h16-18,20,23H,4-15,19H2,1-3H3. The van der Waals surface area contributed by atoms with Gasteiger partial charge in [-0.1, -0.05) is 32.8 Å². The number of ether oxygens (including phenoxy) is 2. The number of fused-ring (bicyclic) bond motifs is 2. The number of likely N-dealkylation sites (tertiary alicyclic amines) is 1. The molecule has 4 rings (SSSR count). The lowest BCUT2D eigenvalue weighted by atomic mass is 9.94. The third-order valence-electron chi connectivity index (χ3n) is 7.40. The first kappa shape index (κ1) is 21.5. The Labute approximate surface area is 183 Å². The summed E-state index contributed by atoms with van der Waals surface area (Å²) in [5.41, 5.74) is 4.25. The molecule has 4 nitrogen and oxygen atoms in total. The monoisotopic (exact) mass is 412 g/mol. The number of anilines is 1. The lowest BCUT2D eigenvalue weighted by Crippen LogP contribution is -2.40. The van der Waals surface area contributed by atoms with Crippen LogP contribution in [-0.4, -0.2) is 50.8 Å². The average molecular weight is 413 g/mol. The van der Waals surface area contributed by atoms with Gasteiger partial charge in [-0.25, -0.2) is 0 Å². The zero-order chi connectivity index (χ0) is 20.9. The van der Waals surface area contributed by atoms with Crippen LogP contribution in [0.4, 0.5) is 5.69 Å². The molecule has 0 spiro atoms. The average Bonchev–Trinajstić information content (AvgIpc) is 3.45. The van der Waals surface area contributed by atoms with Crippen molar-refractivity contribution in [2.75, 3.05) is 44.8 Å². The van der Waals surface area contributed by atoms with E-state index >= 15 is 0 Å². The molecular weight excluding hydrogens is 372 g/mol. The third-order valence-corrected chi connectivity index (χ3v) is 7.40. The van der Waals surface area contributed by atoms with E-state index in [0.29, 0.717) is 6.04 Å². The summed E-state index contributed by atoms with van der Waals surface area (Å²) in [4.78, 5) is 5.24. The first-order valence-corrected chi connectivity index (χ1v) is 12.3. The van der Waals surface area contributed by atoms with Crippen LogP contribution >= 0.6 is 0 Å². The van der Waals surface area contributed by atoms with E-state index in [1.165, 1.54) is 69.3 Å². The Bertz CT molecular complexity index is 735. The Hall–Kier alpha value is -1.68. The predicted octanol–water partition coefficient (Wildman–Crippen LogP) is 5.75. The van der Waals surface area contributed by atoms with Gasteiger partial charge in [-0.05, 0) is 69.2 Å². The van der Waals surface area contributed by atoms with Crippen LogP contribution in [0, 0.1) is 5.92 Å². The van der Waals surface area contributed by atoms with Crippen LogP contribution in [0.15, 0.2) is 17.7 Å². The fourth-order valence-corrected chi connectivity index (χ4v) is 5.47. The van der Waals surface area contributed by atoms with E-state index in [-0.39, 0.29) is 0 Å². The van der Waals surface area contributed by atoms with Crippen molar-refractivity contribution in [3.05, 3.63) is 23.3 Å². The number of methoxy groups -OCH3 is 1. The second-order valence-corrected chi connectivity index (χ2v) is 9.27. The number of hydrogen-bond acceptors (Lipinski definition) is 4. The summed E-state index contributed by atoms with van der Waals surface area (Å²) < 4.78 is 12.0. The van der Waals surface area contributed by atoms with Gasteiger partial charge in [-0.3, -0.25) is 0 Å². The van der Waals surface area contributed by atoms with Crippen LogP contribution in [0.5, 0.6) is 11.5 Å². The van der Waals surface area contributed by atoms with Crippen LogP contribution in [0.3, 0.4) is 0 Å². The molecule has 166 valence electrons. The van der Waals surface area contributed by atoms with Crippen LogP contribution in [0.1, 0.15) is 70.8 Å². The van der Waals surface area contributed by atoms with Gasteiger partial charge < -0.3 is 19.3 Å². The van der Waals surface area contributed by atoms with Crippen molar-refractivity contribution < 1.29 is 9.47 Å². The summed E-state index contributed by atoms with van der Waals surface area (Å²) in [5.74, 6) is 2.51. The zero-order valence-electron chi connectivity index (χ0n) is 19.3. The van der Waals surface area contributed by atoms with E-state index in [9.17, 15) is 0 Å². The molecular formula is C26H40N2O2. The summed E-state index contributed by atoms with van der Waals surface area (Å²) in [6.07, 6.45) is 12.5. The molecule has 3 aliphatic rings. The highest BCUT2D eigenvalue weighted by Crippen LogP contribution is 2.45. The first-order valence-electron chi connectivity index (χ1n) is 12.3. The van der Waals surface area contributed by atoms with Gasteiger partial charge in [0.05, 0.1) is 19.8 Å². The molecule has 1 aromatic rings. The van der Waals surface area contributed by atoms with Gasteiger partial charge in [-0.15, -0.1) is 0 Å². The Kier molecular flexibility index (Phi) is 7.24. The highest BCUT2D eigenvalue weighted by molar-refractivity contribution is 5.78. The predicted molar refractivity (Wildman–Crippen MR) is 126 cm³/mol. The quantitative estimate of drug-likeness (QED) is 0.457. The maximum Gasteiger partial charge on any atom is 0.163 e. The SMILES string of the molecule is CCC(CC)CN1c2cc(OCCCN3CCCC3)c(OC)cc2C=C2CCCC21. The summed E-state index contributed by atoms with van der Waals surface area (Å²) in [6, 6.07) is 5.04. The molecule has 30 heavy (non-hydrogen) atoms. The van der Waals surface area contributed by atoms with E-state index in [2.05, 4.69) is 41.9 Å². The molecule has 0 N–H and O–H groups in total. The summed E-state index contributed by atoms with van der Waals surface area (Å²) >= 11 is 0. The molecule has 1 aromatic carbocycles. The molecule has 2 heterocycles. The van der Waals surface area contributed by atoms with Gasteiger partial charge in [0.15, 0.2) is 11.5 Å². The van der Waals surface area contributed by atoms with E-state index in [1.807, 2.05) is 0 Å². The zero-order valence-corrected chi connectivity index (χ0v) is 19.3. The molecule has 1 saturated carbocycles. The maximum atomic E-state index is 6.27.